The van der Waals surface area contributed by atoms with Crippen molar-refractivity contribution in [3.8, 4) is 0 Å². The van der Waals surface area contributed by atoms with Crippen LogP contribution in [0.2, 0.25) is 0 Å². The predicted octanol–water partition coefficient (Wildman–Crippen LogP) is 2.74. The molecule has 1 aliphatic rings. The van der Waals surface area contributed by atoms with Crippen LogP contribution in [0.4, 0.5) is 0 Å². The second kappa shape index (κ2) is 5.48. The predicted molar refractivity (Wildman–Crippen MR) is 63.2 cm³/mol. The number of aliphatic hydroxyl groups is 2. The van der Waals surface area contributed by atoms with Crippen molar-refractivity contribution in [2.75, 3.05) is 6.61 Å². The van der Waals surface area contributed by atoms with Gasteiger partial charge in [-0.1, -0.05) is 20.3 Å². The largest absolute Gasteiger partial charge is 0.511 e. The van der Waals surface area contributed by atoms with Crippen molar-refractivity contribution >= 4 is 5.78 Å². The van der Waals surface area contributed by atoms with Gasteiger partial charge in [0.05, 0.1) is 5.41 Å². The first-order valence-corrected chi connectivity index (χ1v) is 6.18. The summed E-state index contributed by atoms with van der Waals surface area (Å²) >= 11 is 0. The maximum atomic E-state index is 12.0. The average Bonchev–Trinajstić information content (AvgIpc) is 2.28. The Balaban J connectivity index is 3.09. The van der Waals surface area contributed by atoms with Crippen LogP contribution in [0, 0.1) is 5.41 Å². The van der Waals surface area contributed by atoms with Crippen LogP contribution in [-0.4, -0.2) is 22.6 Å². The molecule has 2 N–H and O–H groups in total. The molecule has 3 heteroatoms. The molecule has 0 aromatic heterocycles. The van der Waals surface area contributed by atoms with E-state index in [9.17, 15) is 9.90 Å². The summed E-state index contributed by atoms with van der Waals surface area (Å²) < 4.78 is 0. The molecule has 1 rings (SSSR count). The van der Waals surface area contributed by atoms with Gasteiger partial charge in [0.1, 0.15) is 11.5 Å². The number of allylic oxidation sites excluding steroid dienone is 1. The van der Waals surface area contributed by atoms with E-state index in [-0.39, 0.29) is 18.1 Å². The Morgan fingerprint density at radius 2 is 2.00 bits per heavy atom. The summed E-state index contributed by atoms with van der Waals surface area (Å²) in [5.74, 6) is 0.415. The zero-order valence-electron chi connectivity index (χ0n) is 10.3. The molecule has 0 radical (unpaired) electrons. The third-order valence-electron chi connectivity index (χ3n) is 3.67. The monoisotopic (exact) mass is 226 g/mol. The van der Waals surface area contributed by atoms with E-state index in [0.29, 0.717) is 32.1 Å². The van der Waals surface area contributed by atoms with E-state index in [4.69, 9.17) is 5.11 Å². The van der Waals surface area contributed by atoms with E-state index in [2.05, 4.69) is 0 Å². The first kappa shape index (κ1) is 13.2. The lowest BCUT2D eigenvalue weighted by Crippen LogP contribution is -2.36. The van der Waals surface area contributed by atoms with Gasteiger partial charge in [-0.2, -0.15) is 0 Å². The Bertz CT molecular complexity index is 294. The number of ketones is 1. The summed E-state index contributed by atoms with van der Waals surface area (Å²) in [5.41, 5.74) is 0.217. The van der Waals surface area contributed by atoms with E-state index in [0.717, 1.165) is 12.0 Å². The van der Waals surface area contributed by atoms with Gasteiger partial charge >= 0.3 is 0 Å². The van der Waals surface area contributed by atoms with Crippen molar-refractivity contribution in [2.24, 2.45) is 5.41 Å². The van der Waals surface area contributed by atoms with Gasteiger partial charge in [-0.15, -0.1) is 0 Å². The summed E-state index contributed by atoms with van der Waals surface area (Å²) in [6, 6.07) is 0. The van der Waals surface area contributed by atoms with Gasteiger partial charge in [-0.05, 0) is 31.3 Å². The molecule has 0 bridgehead atoms. The van der Waals surface area contributed by atoms with Gasteiger partial charge in [-0.25, -0.2) is 0 Å². The van der Waals surface area contributed by atoms with Crippen molar-refractivity contribution in [1.29, 1.82) is 0 Å². The molecule has 1 aliphatic carbocycles. The van der Waals surface area contributed by atoms with Crippen LogP contribution in [0.25, 0.3) is 0 Å². The lowest BCUT2D eigenvalue weighted by Gasteiger charge is -2.35. The minimum absolute atomic E-state index is 0.0412. The Morgan fingerprint density at radius 3 is 2.50 bits per heavy atom. The van der Waals surface area contributed by atoms with Crippen LogP contribution in [0.15, 0.2) is 11.3 Å². The average molecular weight is 226 g/mol. The summed E-state index contributed by atoms with van der Waals surface area (Å²) in [6.07, 6.45) is 3.86. The molecule has 1 unspecified atom stereocenters. The number of rotatable bonds is 5. The highest BCUT2D eigenvalue weighted by atomic mass is 16.3. The fourth-order valence-electron chi connectivity index (χ4n) is 2.70. The third kappa shape index (κ3) is 2.14. The summed E-state index contributed by atoms with van der Waals surface area (Å²) in [7, 11) is 0. The number of carbonyl (C=O) groups excluding carboxylic acids is 1. The molecule has 3 nitrogen and oxygen atoms in total. The molecule has 1 atom stereocenters. The van der Waals surface area contributed by atoms with Gasteiger partial charge < -0.3 is 10.2 Å². The van der Waals surface area contributed by atoms with Crippen molar-refractivity contribution < 1.29 is 15.0 Å². The van der Waals surface area contributed by atoms with E-state index in [1.165, 1.54) is 0 Å². The van der Waals surface area contributed by atoms with Crippen LogP contribution in [-0.2, 0) is 4.79 Å². The van der Waals surface area contributed by atoms with Crippen LogP contribution in [0.1, 0.15) is 52.4 Å². The summed E-state index contributed by atoms with van der Waals surface area (Å²) in [5, 5.41) is 19.2. The number of carbonyl (C=O) groups is 1. The Morgan fingerprint density at radius 1 is 1.31 bits per heavy atom. The molecular weight excluding hydrogens is 204 g/mol. The normalized spacial score (nSPS) is 26.3. The van der Waals surface area contributed by atoms with E-state index >= 15 is 0 Å². The van der Waals surface area contributed by atoms with Gasteiger partial charge in [-0.3, -0.25) is 4.79 Å². The van der Waals surface area contributed by atoms with E-state index in [1.54, 1.807) is 0 Å². The van der Waals surface area contributed by atoms with Crippen LogP contribution < -0.4 is 0 Å². The van der Waals surface area contributed by atoms with Crippen molar-refractivity contribution in [3.05, 3.63) is 11.3 Å². The SMILES string of the molecule is CCCC1(CC)C(=O)CCC(CCO)=C1O. The molecule has 0 saturated carbocycles. The molecule has 0 aromatic carbocycles. The second-order valence-corrected chi connectivity index (χ2v) is 4.53. The van der Waals surface area contributed by atoms with Crippen molar-refractivity contribution in [2.45, 2.75) is 52.4 Å². The molecule has 0 aliphatic heterocycles. The molecule has 0 saturated heterocycles. The van der Waals surface area contributed by atoms with Crippen LogP contribution in [0.3, 0.4) is 0 Å². The fraction of sp³-hybridized carbons (Fsp3) is 0.769. The highest BCUT2D eigenvalue weighted by Crippen LogP contribution is 2.43. The Hall–Kier alpha value is -0.830. The van der Waals surface area contributed by atoms with Crippen molar-refractivity contribution in [1.82, 2.24) is 0 Å². The minimum Gasteiger partial charge on any atom is -0.511 e. The first-order valence-electron chi connectivity index (χ1n) is 6.18. The Kier molecular flexibility index (Phi) is 4.54. The van der Waals surface area contributed by atoms with E-state index < -0.39 is 5.41 Å². The molecule has 0 fully saturated rings. The van der Waals surface area contributed by atoms with Gasteiger partial charge in [0.2, 0.25) is 0 Å². The summed E-state index contributed by atoms with van der Waals surface area (Å²) in [4.78, 5) is 12.0. The zero-order chi connectivity index (χ0) is 12.2. The van der Waals surface area contributed by atoms with Crippen LogP contribution in [0.5, 0.6) is 0 Å². The maximum Gasteiger partial charge on any atom is 0.146 e. The number of Topliss-reactive ketones (excluding diaryl/α,β-unsaturated/α-hetero) is 1. The van der Waals surface area contributed by atoms with Gasteiger partial charge in [0, 0.05) is 13.0 Å². The lowest BCUT2D eigenvalue weighted by molar-refractivity contribution is -0.130. The molecule has 92 valence electrons. The van der Waals surface area contributed by atoms with Gasteiger partial charge in [0.15, 0.2) is 0 Å². The second-order valence-electron chi connectivity index (χ2n) is 4.53. The van der Waals surface area contributed by atoms with Crippen LogP contribution >= 0.6 is 0 Å². The fourth-order valence-corrected chi connectivity index (χ4v) is 2.70. The first-order chi connectivity index (χ1) is 7.62. The lowest BCUT2D eigenvalue weighted by atomic mass is 9.68. The quantitative estimate of drug-likeness (QED) is 0.757. The smallest absolute Gasteiger partial charge is 0.146 e. The number of hydrogen-bond acceptors (Lipinski definition) is 3. The molecule has 0 aromatic rings. The molecular formula is C13H22O3. The minimum atomic E-state index is -0.655. The molecule has 0 spiro atoms. The Labute approximate surface area is 97.2 Å². The van der Waals surface area contributed by atoms with Gasteiger partial charge in [0.25, 0.3) is 0 Å². The third-order valence-corrected chi connectivity index (χ3v) is 3.67. The zero-order valence-corrected chi connectivity index (χ0v) is 10.3. The maximum absolute atomic E-state index is 12.0. The number of hydrogen-bond donors (Lipinski definition) is 2. The van der Waals surface area contributed by atoms with E-state index in [1.807, 2.05) is 13.8 Å². The standard InChI is InChI=1S/C13H22O3/c1-3-8-13(4-2)11(15)6-5-10(7-9-14)12(13)16/h14,16H,3-9H2,1-2H3. The molecule has 16 heavy (non-hydrogen) atoms. The van der Waals surface area contributed by atoms with Crippen molar-refractivity contribution in [3.63, 3.8) is 0 Å². The molecule has 0 amide bonds. The summed E-state index contributed by atoms with van der Waals surface area (Å²) in [6.45, 7) is 4.02. The topological polar surface area (TPSA) is 57.5 Å². The highest BCUT2D eigenvalue weighted by molar-refractivity contribution is 5.89. The number of aliphatic hydroxyl groups excluding tert-OH is 2. The molecule has 0 heterocycles. The highest BCUT2D eigenvalue weighted by Gasteiger charge is 2.43.